The summed E-state index contributed by atoms with van der Waals surface area (Å²) in [6.07, 6.45) is 7.02. The summed E-state index contributed by atoms with van der Waals surface area (Å²) in [5.74, 6) is 1.41. The van der Waals surface area contributed by atoms with Crippen molar-refractivity contribution < 1.29 is 4.79 Å². The number of aryl methyl sites for hydroxylation is 2. The van der Waals surface area contributed by atoms with E-state index in [4.69, 9.17) is 0 Å². The van der Waals surface area contributed by atoms with Crippen LogP contribution in [0.15, 0.2) is 43.0 Å². The van der Waals surface area contributed by atoms with Gasteiger partial charge in [0.25, 0.3) is 0 Å². The molecule has 8 heteroatoms. The number of amides is 1. The third-order valence-corrected chi connectivity index (χ3v) is 4.31. The van der Waals surface area contributed by atoms with E-state index in [2.05, 4.69) is 20.1 Å². The van der Waals surface area contributed by atoms with Crippen LogP contribution in [0.1, 0.15) is 5.69 Å². The number of rotatable bonds is 3. The van der Waals surface area contributed by atoms with Crippen LogP contribution in [0.3, 0.4) is 0 Å². The lowest BCUT2D eigenvalue weighted by atomic mass is 10.2. The van der Waals surface area contributed by atoms with Crippen LogP contribution in [0.25, 0.3) is 11.4 Å². The zero-order chi connectivity index (χ0) is 18.1. The maximum absolute atomic E-state index is 12.6. The number of piperazine rings is 1. The molecule has 1 saturated heterocycles. The quantitative estimate of drug-likeness (QED) is 0.712. The molecule has 1 fully saturated rings. The third-order valence-electron chi connectivity index (χ3n) is 4.31. The van der Waals surface area contributed by atoms with Crippen molar-refractivity contribution in [3.63, 3.8) is 0 Å². The van der Waals surface area contributed by atoms with E-state index in [1.165, 1.54) is 0 Å². The van der Waals surface area contributed by atoms with Gasteiger partial charge in [0.15, 0.2) is 5.82 Å². The number of hydrogen-bond acceptors (Lipinski definition) is 6. The van der Waals surface area contributed by atoms with Crippen LogP contribution in [-0.2, 0) is 11.8 Å². The number of anilines is 2. The van der Waals surface area contributed by atoms with Crippen molar-refractivity contribution in [1.82, 2.24) is 24.7 Å². The van der Waals surface area contributed by atoms with Crippen LogP contribution in [0.4, 0.5) is 11.5 Å². The molecule has 4 rings (SSSR count). The lowest BCUT2D eigenvalue weighted by Gasteiger charge is -2.34. The second-order valence-electron chi connectivity index (χ2n) is 6.27. The first kappa shape index (κ1) is 16.2. The van der Waals surface area contributed by atoms with Crippen molar-refractivity contribution >= 4 is 17.4 Å². The van der Waals surface area contributed by atoms with Crippen LogP contribution < -0.4 is 9.80 Å². The van der Waals surface area contributed by atoms with E-state index < -0.39 is 0 Å². The fourth-order valence-corrected chi connectivity index (χ4v) is 3.03. The van der Waals surface area contributed by atoms with Gasteiger partial charge in [0, 0.05) is 56.1 Å². The van der Waals surface area contributed by atoms with Gasteiger partial charge in [0.2, 0.25) is 5.91 Å². The third kappa shape index (κ3) is 3.13. The van der Waals surface area contributed by atoms with Gasteiger partial charge in [-0.3, -0.25) is 14.5 Å². The van der Waals surface area contributed by atoms with Crippen LogP contribution in [-0.4, -0.2) is 50.3 Å². The Kier molecular flexibility index (Phi) is 4.08. The lowest BCUT2D eigenvalue weighted by Crippen LogP contribution is -2.50. The van der Waals surface area contributed by atoms with E-state index >= 15 is 0 Å². The van der Waals surface area contributed by atoms with E-state index in [1.807, 2.05) is 43.3 Å². The minimum atomic E-state index is 0.0310. The Hall–Kier alpha value is -3.29. The Morgan fingerprint density at radius 2 is 2.04 bits per heavy atom. The highest BCUT2D eigenvalue weighted by molar-refractivity contribution is 5.97. The first-order valence-electron chi connectivity index (χ1n) is 8.40. The van der Waals surface area contributed by atoms with Gasteiger partial charge in [-0.2, -0.15) is 5.10 Å². The highest BCUT2D eigenvalue weighted by atomic mass is 16.2. The summed E-state index contributed by atoms with van der Waals surface area (Å²) in [7, 11) is 1.84. The van der Waals surface area contributed by atoms with Gasteiger partial charge in [-0.25, -0.2) is 9.97 Å². The van der Waals surface area contributed by atoms with E-state index in [0.29, 0.717) is 18.9 Å². The molecule has 0 unspecified atom stereocenters. The molecule has 0 spiro atoms. The van der Waals surface area contributed by atoms with Gasteiger partial charge in [-0.15, -0.1) is 0 Å². The average Bonchev–Trinajstić information content (AvgIpc) is 3.08. The highest BCUT2D eigenvalue weighted by Crippen LogP contribution is 2.22. The maximum Gasteiger partial charge on any atom is 0.246 e. The number of hydrogen-bond donors (Lipinski definition) is 0. The number of pyridine rings is 1. The van der Waals surface area contributed by atoms with Crippen molar-refractivity contribution in [2.45, 2.75) is 6.92 Å². The van der Waals surface area contributed by atoms with Gasteiger partial charge < -0.3 is 9.80 Å². The summed E-state index contributed by atoms with van der Waals surface area (Å²) >= 11 is 0. The molecule has 1 aliphatic rings. The molecule has 0 atom stereocenters. The van der Waals surface area contributed by atoms with Crippen molar-refractivity contribution in [2.24, 2.45) is 7.05 Å². The normalized spacial score (nSPS) is 14.8. The predicted octanol–water partition coefficient (Wildman–Crippen LogP) is 1.43. The molecular weight excluding hydrogens is 330 g/mol. The van der Waals surface area contributed by atoms with Crippen LogP contribution in [0.2, 0.25) is 0 Å². The van der Waals surface area contributed by atoms with Gasteiger partial charge in [-0.05, 0) is 19.1 Å². The highest BCUT2D eigenvalue weighted by Gasteiger charge is 2.27. The summed E-state index contributed by atoms with van der Waals surface area (Å²) < 4.78 is 1.70. The monoisotopic (exact) mass is 349 g/mol. The largest absolute Gasteiger partial charge is 0.345 e. The van der Waals surface area contributed by atoms with Crippen molar-refractivity contribution in [3.8, 4) is 11.4 Å². The van der Waals surface area contributed by atoms with Gasteiger partial charge in [0.1, 0.15) is 5.82 Å². The Morgan fingerprint density at radius 3 is 2.73 bits per heavy atom. The van der Waals surface area contributed by atoms with Crippen LogP contribution in [0, 0.1) is 6.92 Å². The molecule has 0 aromatic carbocycles. The Labute approximate surface area is 151 Å². The van der Waals surface area contributed by atoms with Crippen molar-refractivity contribution in [3.05, 3.63) is 48.7 Å². The molecule has 1 amide bonds. The molecule has 0 bridgehead atoms. The molecule has 1 aliphatic heterocycles. The fraction of sp³-hybridized carbons (Fsp3) is 0.278. The number of nitrogens with zero attached hydrogens (tertiary/aromatic N) is 7. The molecule has 0 radical (unpaired) electrons. The predicted molar refractivity (Wildman–Crippen MR) is 97.8 cm³/mol. The van der Waals surface area contributed by atoms with Gasteiger partial charge in [0.05, 0.1) is 18.4 Å². The molecular formula is C18H19N7O. The SMILES string of the molecule is Cc1cc(N2CCN(c3cnn(C)c3)C(=O)C2)nc(-c2cccnc2)n1. The number of carbonyl (C=O) groups excluding carboxylic acids is 1. The molecule has 0 N–H and O–H groups in total. The molecule has 3 aromatic heterocycles. The first-order chi connectivity index (χ1) is 12.6. The Bertz CT molecular complexity index is 938. The summed E-state index contributed by atoms with van der Waals surface area (Å²) in [5, 5.41) is 4.14. The van der Waals surface area contributed by atoms with Crippen molar-refractivity contribution in [2.75, 3.05) is 29.4 Å². The second-order valence-corrected chi connectivity index (χ2v) is 6.27. The standard InChI is InChI=1S/C18H19N7O/c1-13-8-16(22-18(21-13)14-4-3-5-19-9-14)24-6-7-25(17(26)12-24)15-10-20-23(2)11-15/h3-5,8-11H,6-7,12H2,1-2H3. The summed E-state index contributed by atoms with van der Waals surface area (Å²) in [6, 6.07) is 5.70. The van der Waals surface area contributed by atoms with Crippen LogP contribution in [0.5, 0.6) is 0 Å². The maximum atomic E-state index is 12.6. The topological polar surface area (TPSA) is 80.0 Å². The Morgan fingerprint density at radius 1 is 1.15 bits per heavy atom. The summed E-state index contributed by atoms with van der Waals surface area (Å²) in [5.41, 5.74) is 2.54. The number of aromatic nitrogens is 5. The average molecular weight is 349 g/mol. The lowest BCUT2D eigenvalue weighted by molar-refractivity contribution is -0.117. The fourth-order valence-electron chi connectivity index (χ4n) is 3.03. The van der Waals surface area contributed by atoms with Gasteiger partial charge >= 0.3 is 0 Å². The molecule has 26 heavy (non-hydrogen) atoms. The summed E-state index contributed by atoms with van der Waals surface area (Å²) in [6.45, 7) is 3.50. The molecule has 4 heterocycles. The van der Waals surface area contributed by atoms with Crippen LogP contribution >= 0.6 is 0 Å². The molecule has 3 aromatic rings. The van der Waals surface area contributed by atoms with Gasteiger partial charge in [-0.1, -0.05) is 0 Å². The Balaban J connectivity index is 1.57. The first-order valence-corrected chi connectivity index (χ1v) is 8.40. The van der Waals surface area contributed by atoms with E-state index in [0.717, 1.165) is 22.8 Å². The zero-order valence-corrected chi connectivity index (χ0v) is 14.7. The molecule has 132 valence electrons. The molecule has 0 saturated carbocycles. The smallest absolute Gasteiger partial charge is 0.246 e. The van der Waals surface area contributed by atoms with Crippen molar-refractivity contribution in [1.29, 1.82) is 0 Å². The minimum Gasteiger partial charge on any atom is -0.345 e. The number of carbonyl (C=O) groups is 1. The zero-order valence-electron chi connectivity index (χ0n) is 14.7. The molecule has 0 aliphatic carbocycles. The van der Waals surface area contributed by atoms with E-state index in [1.54, 1.807) is 28.2 Å². The van der Waals surface area contributed by atoms with E-state index in [9.17, 15) is 4.79 Å². The molecule has 8 nitrogen and oxygen atoms in total. The summed E-state index contributed by atoms with van der Waals surface area (Å²) in [4.78, 5) is 29.7. The van der Waals surface area contributed by atoms with E-state index in [-0.39, 0.29) is 12.5 Å². The second kappa shape index (κ2) is 6.55. The minimum absolute atomic E-state index is 0.0310.